The highest BCUT2D eigenvalue weighted by molar-refractivity contribution is 8.04. The minimum absolute atomic E-state index is 0.0287. The normalized spacial score (nSPS) is 17.6. The molecule has 1 aliphatic heterocycles. The third-order valence-corrected chi connectivity index (χ3v) is 4.55. The number of carbonyl (C=O) groups excluding carboxylic acids is 1. The fourth-order valence-corrected chi connectivity index (χ4v) is 3.31. The average Bonchev–Trinajstić information content (AvgIpc) is 3.00. The molecule has 1 aliphatic rings. The van der Waals surface area contributed by atoms with E-state index in [9.17, 15) is 14.9 Å². The van der Waals surface area contributed by atoms with Crippen molar-refractivity contribution >= 4 is 29.1 Å². The number of hydrazone groups is 1. The first-order valence-electron chi connectivity index (χ1n) is 7.55. The first-order valence-corrected chi connectivity index (χ1v) is 8.54. The summed E-state index contributed by atoms with van der Waals surface area (Å²) in [6, 6.07) is 6.02. The van der Waals surface area contributed by atoms with Gasteiger partial charge >= 0.3 is 0 Å². The van der Waals surface area contributed by atoms with E-state index in [0.29, 0.717) is 6.42 Å². The van der Waals surface area contributed by atoms with Crippen LogP contribution in [0.25, 0.3) is 0 Å². The Bertz CT molecular complexity index is 710. The van der Waals surface area contributed by atoms with Crippen molar-refractivity contribution in [3.8, 4) is 0 Å². The van der Waals surface area contributed by atoms with Gasteiger partial charge in [0.25, 0.3) is 5.69 Å². The van der Waals surface area contributed by atoms with Gasteiger partial charge in [-0.05, 0) is 17.4 Å². The number of thioether (sulfide) groups is 1. The van der Waals surface area contributed by atoms with Crippen LogP contribution >= 0.6 is 11.8 Å². The molecule has 24 heavy (non-hydrogen) atoms. The lowest BCUT2D eigenvalue weighted by atomic mass is 10.0. The Kier molecular flexibility index (Phi) is 5.92. The highest BCUT2D eigenvalue weighted by Crippen LogP contribution is 2.35. The Hall–Kier alpha value is -2.41. The Morgan fingerprint density at radius 2 is 2.17 bits per heavy atom. The first kappa shape index (κ1) is 17.9. The molecule has 126 valence electrons. The molecule has 1 amide bonds. The van der Waals surface area contributed by atoms with Gasteiger partial charge in [0.1, 0.15) is 0 Å². The Morgan fingerprint density at radius 3 is 2.67 bits per heavy atom. The summed E-state index contributed by atoms with van der Waals surface area (Å²) in [5.41, 5.74) is 1.69. The monoisotopic (exact) mass is 345 g/mol. The Labute approximate surface area is 145 Å². The van der Waals surface area contributed by atoms with Crippen molar-refractivity contribution in [1.82, 2.24) is 5.01 Å². The van der Waals surface area contributed by atoms with Gasteiger partial charge < -0.3 is 0 Å². The molecular formula is C17H19N3O3S. The molecule has 1 heterocycles. The van der Waals surface area contributed by atoms with Crippen molar-refractivity contribution in [3.63, 3.8) is 0 Å². The molecule has 0 spiro atoms. The van der Waals surface area contributed by atoms with Gasteiger partial charge in [0, 0.05) is 30.4 Å². The molecule has 0 saturated heterocycles. The van der Waals surface area contributed by atoms with E-state index in [1.54, 1.807) is 30.0 Å². The van der Waals surface area contributed by atoms with E-state index in [-0.39, 0.29) is 17.6 Å². The van der Waals surface area contributed by atoms with Gasteiger partial charge in [-0.1, -0.05) is 31.7 Å². The lowest BCUT2D eigenvalue weighted by Gasteiger charge is -2.20. The van der Waals surface area contributed by atoms with Crippen LogP contribution in [0.2, 0.25) is 0 Å². The summed E-state index contributed by atoms with van der Waals surface area (Å²) in [5.74, 6) is 0.730. The molecule has 0 aliphatic carbocycles. The highest BCUT2D eigenvalue weighted by atomic mass is 32.2. The van der Waals surface area contributed by atoms with Crippen molar-refractivity contribution in [1.29, 1.82) is 0 Å². The van der Waals surface area contributed by atoms with Crippen molar-refractivity contribution in [3.05, 3.63) is 63.6 Å². The number of allylic oxidation sites excluding steroid dienone is 3. The smallest absolute Gasteiger partial charge is 0.269 e. The van der Waals surface area contributed by atoms with E-state index >= 15 is 0 Å². The number of nitro groups is 1. The van der Waals surface area contributed by atoms with E-state index in [0.717, 1.165) is 21.9 Å². The van der Waals surface area contributed by atoms with Gasteiger partial charge in [-0.15, -0.1) is 11.8 Å². The van der Waals surface area contributed by atoms with Crippen molar-refractivity contribution in [2.24, 2.45) is 5.10 Å². The number of amides is 1. The Balaban J connectivity index is 2.31. The molecule has 0 radical (unpaired) electrons. The summed E-state index contributed by atoms with van der Waals surface area (Å²) in [4.78, 5) is 23.3. The topological polar surface area (TPSA) is 75.8 Å². The van der Waals surface area contributed by atoms with Crippen LogP contribution in [-0.4, -0.2) is 27.3 Å². The maximum Gasteiger partial charge on any atom is 0.269 e. The molecule has 1 unspecified atom stereocenters. The minimum Gasteiger partial charge on any atom is -0.273 e. The van der Waals surface area contributed by atoms with Crippen LogP contribution < -0.4 is 0 Å². The largest absolute Gasteiger partial charge is 0.273 e. The van der Waals surface area contributed by atoms with Gasteiger partial charge in [0.15, 0.2) is 0 Å². The second-order valence-electron chi connectivity index (χ2n) is 5.18. The molecule has 7 heteroatoms. The average molecular weight is 345 g/mol. The number of carbonyl (C=O) groups is 1. The summed E-state index contributed by atoms with van der Waals surface area (Å²) in [6.45, 7) is 7.24. The third kappa shape index (κ3) is 3.91. The summed E-state index contributed by atoms with van der Waals surface area (Å²) in [5, 5.41) is 16.7. The standard InChI is InChI=1S/C17H19N3O3S/c1-4-6-17(24-5-2)15-11-16(19(18-15)12(3)21)13-7-9-14(10-8-13)20(22)23/h4,6-10,16H,1,5,11H2,2-3H3/b17-6-. The van der Waals surface area contributed by atoms with Gasteiger partial charge in [0.2, 0.25) is 5.91 Å². The van der Waals surface area contributed by atoms with Gasteiger partial charge in [0.05, 0.1) is 16.7 Å². The van der Waals surface area contributed by atoms with E-state index in [1.807, 2.05) is 13.0 Å². The number of benzene rings is 1. The predicted octanol–water partition coefficient (Wildman–Crippen LogP) is 4.07. The van der Waals surface area contributed by atoms with Crippen LogP contribution in [-0.2, 0) is 4.79 Å². The van der Waals surface area contributed by atoms with Crippen molar-refractivity contribution in [2.75, 3.05) is 5.75 Å². The maximum atomic E-state index is 12.0. The SMILES string of the molecule is C=C/C=C(\SCC)C1=NN(C(C)=O)C(c2ccc([N+](=O)[O-])cc2)C1. The Morgan fingerprint density at radius 1 is 1.50 bits per heavy atom. The number of non-ortho nitro benzene ring substituents is 1. The van der Waals surface area contributed by atoms with Gasteiger partial charge in [-0.25, -0.2) is 5.01 Å². The van der Waals surface area contributed by atoms with E-state index < -0.39 is 4.92 Å². The second-order valence-corrected chi connectivity index (χ2v) is 6.48. The molecule has 2 rings (SSSR count). The van der Waals surface area contributed by atoms with E-state index in [2.05, 4.69) is 11.7 Å². The number of nitrogens with zero attached hydrogens (tertiary/aromatic N) is 3. The predicted molar refractivity (Wildman–Crippen MR) is 96.8 cm³/mol. The summed E-state index contributed by atoms with van der Waals surface area (Å²) < 4.78 is 0. The van der Waals surface area contributed by atoms with Crippen LogP contribution in [0.15, 0.2) is 53.0 Å². The molecule has 1 aromatic carbocycles. The summed E-state index contributed by atoms with van der Waals surface area (Å²) in [6.07, 6.45) is 4.17. The first-order chi connectivity index (χ1) is 11.5. The van der Waals surface area contributed by atoms with Crippen LogP contribution in [0.1, 0.15) is 31.9 Å². The molecular weight excluding hydrogens is 326 g/mol. The molecule has 0 aromatic heterocycles. The van der Waals surface area contributed by atoms with Gasteiger partial charge in [-0.2, -0.15) is 5.10 Å². The lowest BCUT2D eigenvalue weighted by Crippen LogP contribution is -2.24. The van der Waals surface area contributed by atoms with Crippen LogP contribution in [0.3, 0.4) is 0 Å². The zero-order chi connectivity index (χ0) is 17.7. The molecule has 6 nitrogen and oxygen atoms in total. The van der Waals surface area contributed by atoms with E-state index in [1.165, 1.54) is 24.1 Å². The van der Waals surface area contributed by atoms with Crippen LogP contribution in [0.5, 0.6) is 0 Å². The molecule has 0 saturated carbocycles. The molecule has 0 bridgehead atoms. The van der Waals surface area contributed by atoms with Crippen LogP contribution in [0.4, 0.5) is 5.69 Å². The number of rotatable bonds is 6. The molecule has 1 atom stereocenters. The quantitative estimate of drug-likeness (QED) is 0.442. The molecule has 0 fully saturated rings. The fraction of sp³-hybridized carbons (Fsp3) is 0.294. The zero-order valence-corrected chi connectivity index (χ0v) is 14.5. The second kappa shape index (κ2) is 7.92. The third-order valence-electron chi connectivity index (χ3n) is 3.58. The number of hydrogen-bond acceptors (Lipinski definition) is 5. The van der Waals surface area contributed by atoms with Crippen molar-refractivity contribution in [2.45, 2.75) is 26.3 Å². The van der Waals surface area contributed by atoms with Gasteiger partial charge in [-0.3, -0.25) is 14.9 Å². The molecule has 0 N–H and O–H groups in total. The fourth-order valence-electron chi connectivity index (χ4n) is 2.52. The zero-order valence-electron chi connectivity index (χ0n) is 13.6. The maximum absolute atomic E-state index is 12.0. The van der Waals surface area contributed by atoms with Crippen molar-refractivity contribution < 1.29 is 9.72 Å². The molecule has 1 aromatic rings. The van der Waals surface area contributed by atoms with E-state index in [4.69, 9.17) is 0 Å². The summed E-state index contributed by atoms with van der Waals surface area (Å²) in [7, 11) is 0. The van der Waals surface area contributed by atoms with Crippen LogP contribution in [0, 0.1) is 10.1 Å². The highest BCUT2D eigenvalue weighted by Gasteiger charge is 2.32. The summed E-state index contributed by atoms with van der Waals surface area (Å²) >= 11 is 1.65. The minimum atomic E-state index is -0.439. The lowest BCUT2D eigenvalue weighted by molar-refractivity contribution is -0.384. The number of nitro benzene ring substituents is 1. The number of hydrogen-bond donors (Lipinski definition) is 0.